The van der Waals surface area contributed by atoms with Crippen molar-refractivity contribution in [1.29, 1.82) is 0 Å². The van der Waals surface area contributed by atoms with Crippen LogP contribution in [0.25, 0.3) is 11.4 Å². The van der Waals surface area contributed by atoms with Gasteiger partial charge in [0, 0.05) is 5.56 Å². The van der Waals surface area contributed by atoms with E-state index in [1.807, 2.05) is 30.3 Å². The molecule has 0 saturated carbocycles. The first-order valence-electron chi connectivity index (χ1n) is 6.54. The molecule has 3 aromatic rings. The van der Waals surface area contributed by atoms with Crippen LogP contribution in [0.5, 0.6) is 0 Å². The summed E-state index contributed by atoms with van der Waals surface area (Å²) in [6, 6.07) is 13.0. The van der Waals surface area contributed by atoms with Crippen LogP contribution in [0.1, 0.15) is 22.1 Å². The maximum Gasteiger partial charge on any atom is 0.287 e. The third kappa shape index (κ3) is 3.00. The third-order valence-electron chi connectivity index (χ3n) is 2.94. The van der Waals surface area contributed by atoms with Crippen LogP contribution in [0.4, 0.5) is 0 Å². The van der Waals surface area contributed by atoms with Crippen molar-refractivity contribution in [3.8, 4) is 11.4 Å². The predicted molar refractivity (Wildman–Crippen MR) is 76.4 cm³/mol. The van der Waals surface area contributed by atoms with Crippen molar-refractivity contribution >= 4 is 5.91 Å². The van der Waals surface area contributed by atoms with E-state index in [1.165, 1.54) is 0 Å². The minimum atomic E-state index is -0.277. The molecule has 0 spiro atoms. The molecule has 6 heteroatoms. The first-order chi connectivity index (χ1) is 10.2. The molecule has 1 aromatic carbocycles. The van der Waals surface area contributed by atoms with Crippen molar-refractivity contribution in [2.75, 3.05) is 0 Å². The predicted octanol–water partition coefficient (Wildman–Crippen LogP) is 2.30. The molecule has 0 aliphatic rings. The van der Waals surface area contributed by atoms with Gasteiger partial charge in [-0.25, -0.2) is 4.98 Å². The largest absolute Gasteiger partial charge is 0.456 e. The Morgan fingerprint density at radius 2 is 2.05 bits per heavy atom. The fourth-order valence-electron chi connectivity index (χ4n) is 1.90. The molecule has 0 atom stereocenters. The van der Waals surface area contributed by atoms with Gasteiger partial charge in [0.25, 0.3) is 5.91 Å². The number of aromatic amines is 1. The highest BCUT2D eigenvalue weighted by Crippen LogP contribution is 2.13. The van der Waals surface area contributed by atoms with Crippen LogP contribution in [-0.4, -0.2) is 21.1 Å². The van der Waals surface area contributed by atoms with Crippen molar-refractivity contribution in [3.63, 3.8) is 0 Å². The molecule has 2 heterocycles. The number of nitrogens with one attached hydrogen (secondary N) is 2. The molecule has 6 nitrogen and oxygen atoms in total. The Morgan fingerprint density at radius 3 is 2.76 bits per heavy atom. The summed E-state index contributed by atoms with van der Waals surface area (Å²) in [5, 5.41) is 9.67. The summed E-state index contributed by atoms with van der Waals surface area (Å²) in [5.74, 6) is 1.90. The fraction of sp³-hybridized carbons (Fsp3) is 0.133. The summed E-state index contributed by atoms with van der Waals surface area (Å²) in [4.78, 5) is 16.2. The van der Waals surface area contributed by atoms with Crippen molar-refractivity contribution in [2.45, 2.75) is 13.5 Å². The minimum absolute atomic E-state index is 0.262. The maximum absolute atomic E-state index is 11.8. The fourth-order valence-corrected chi connectivity index (χ4v) is 1.90. The Kier molecular flexibility index (Phi) is 3.51. The second-order valence-electron chi connectivity index (χ2n) is 4.56. The van der Waals surface area contributed by atoms with Crippen LogP contribution in [0.3, 0.4) is 0 Å². The van der Waals surface area contributed by atoms with E-state index in [4.69, 9.17) is 4.42 Å². The zero-order valence-corrected chi connectivity index (χ0v) is 11.5. The quantitative estimate of drug-likeness (QED) is 0.769. The zero-order valence-electron chi connectivity index (χ0n) is 11.5. The van der Waals surface area contributed by atoms with E-state index in [0.29, 0.717) is 17.4 Å². The van der Waals surface area contributed by atoms with Crippen molar-refractivity contribution < 1.29 is 9.21 Å². The zero-order chi connectivity index (χ0) is 14.7. The molecule has 0 saturated heterocycles. The smallest absolute Gasteiger partial charge is 0.287 e. The van der Waals surface area contributed by atoms with E-state index in [2.05, 4.69) is 20.5 Å². The number of hydrogen-bond donors (Lipinski definition) is 2. The third-order valence-corrected chi connectivity index (χ3v) is 2.94. The van der Waals surface area contributed by atoms with Gasteiger partial charge in [0.05, 0.1) is 6.54 Å². The summed E-state index contributed by atoms with van der Waals surface area (Å²) >= 11 is 0. The summed E-state index contributed by atoms with van der Waals surface area (Å²) in [6.07, 6.45) is 0. The molecule has 3 rings (SSSR count). The summed E-state index contributed by atoms with van der Waals surface area (Å²) in [7, 11) is 0. The molecule has 2 N–H and O–H groups in total. The lowest BCUT2D eigenvalue weighted by atomic mass is 10.2. The normalized spacial score (nSPS) is 10.5. The molecule has 0 unspecified atom stereocenters. The van der Waals surface area contributed by atoms with Crippen LogP contribution in [0.15, 0.2) is 46.9 Å². The maximum atomic E-state index is 11.8. The minimum Gasteiger partial charge on any atom is -0.456 e. The van der Waals surface area contributed by atoms with E-state index in [1.54, 1.807) is 19.1 Å². The second kappa shape index (κ2) is 5.62. The molecule has 21 heavy (non-hydrogen) atoms. The van der Waals surface area contributed by atoms with Crippen LogP contribution in [0.2, 0.25) is 0 Å². The molecular formula is C15H14N4O2. The molecule has 0 aliphatic carbocycles. The number of furan rings is 1. The number of carbonyl (C=O) groups excluding carboxylic acids is 1. The molecule has 106 valence electrons. The lowest BCUT2D eigenvalue weighted by Gasteiger charge is -1.99. The van der Waals surface area contributed by atoms with E-state index in [9.17, 15) is 4.79 Å². The lowest BCUT2D eigenvalue weighted by Crippen LogP contribution is -2.22. The van der Waals surface area contributed by atoms with Gasteiger partial charge >= 0.3 is 0 Å². The number of H-pyrrole nitrogens is 1. The molecular weight excluding hydrogens is 268 g/mol. The van der Waals surface area contributed by atoms with Gasteiger partial charge < -0.3 is 9.73 Å². The first kappa shape index (κ1) is 13.1. The number of aryl methyl sites for hydroxylation is 1. The van der Waals surface area contributed by atoms with Crippen molar-refractivity contribution in [3.05, 3.63) is 59.8 Å². The van der Waals surface area contributed by atoms with Crippen molar-refractivity contribution in [1.82, 2.24) is 20.5 Å². The molecule has 0 aliphatic heterocycles. The number of carbonyl (C=O) groups is 1. The Morgan fingerprint density at radius 1 is 1.24 bits per heavy atom. The van der Waals surface area contributed by atoms with Crippen LogP contribution in [0, 0.1) is 6.92 Å². The number of amides is 1. The van der Waals surface area contributed by atoms with Gasteiger partial charge in [0.2, 0.25) is 0 Å². The Labute approximate surface area is 121 Å². The summed E-state index contributed by atoms with van der Waals surface area (Å²) in [6.45, 7) is 2.05. The number of benzene rings is 1. The van der Waals surface area contributed by atoms with Gasteiger partial charge in [0.15, 0.2) is 11.6 Å². The number of rotatable bonds is 4. The van der Waals surface area contributed by atoms with Gasteiger partial charge in [-0.3, -0.25) is 9.89 Å². The highest BCUT2D eigenvalue weighted by Gasteiger charge is 2.11. The Bertz CT molecular complexity index is 746. The average Bonchev–Trinajstić information content (AvgIpc) is 3.15. The molecule has 0 radical (unpaired) electrons. The van der Waals surface area contributed by atoms with E-state index < -0.39 is 0 Å². The van der Waals surface area contributed by atoms with Crippen LogP contribution in [-0.2, 0) is 6.54 Å². The first-order valence-corrected chi connectivity index (χ1v) is 6.54. The highest BCUT2D eigenvalue weighted by molar-refractivity contribution is 5.91. The Hall–Kier alpha value is -2.89. The second-order valence-corrected chi connectivity index (χ2v) is 4.56. The van der Waals surface area contributed by atoms with Crippen LogP contribution < -0.4 is 5.32 Å². The highest BCUT2D eigenvalue weighted by atomic mass is 16.3. The Balaban J connectivity index is 1.64. The monoisotopic (exact) mass is 282 g/mol. The number of hydrogen-bond acceptors (Lipinski definition) is 4. The van der Waals surface area contributed by atoms with Gasteiger partial charge in [-0.2, -0.15) is 5.10 Å². The lowest BCUT2D eigenvalue weighted by molar-refractivity contribution is 0.0921. The average molecular weight is 282 g/mol. The topological polar surface area (TPSA) is 83.8 Å². The van der Waals surface area contributed by atoms with Crippen LogP contribution >= 0.6 is 0 Å². The van der Waals surface area contributed by atoms with Crippen molar-refractivity contribution in [2.24, 2.45) is 0 Å². The molecule has 0 fully saturated rings. The van der Waals surface area contributed by atoms with Gasteiger partial charge in [-0.05, 0) is 19.1 Å². The molecule has 2 aromatic heterocycles. The van der Waals surface area contributed by atoms with Gasteiger partial charge in [0.1, 0.15) is 11.6 Å². The summed E-state index contributed by atoms with van der Waals surface area (Å²) in [5.41, 5.74) is 0.924. The number of aromatic nitrogens is 3. The summed E-state index contributed by atoms with van der Waals surface area (Å²) < 4.78 is 5.25. The van der Waals surface area contributed by atoms with Gasteiger partial charge in [-0.15, -0.1) is 0 Å². The SMILES string of the molecule is Cc1ccc(C(=O)NCc2nc(-c3ccccc3)n[nH]2)o1. The number of nitrogens with zero attached hydrogens (tertiary/aromatic N) is 2. The van der Waals surface area contributed by atoms with Gasteiger partial charge in [-0.1, -0.05) is 30.3 Å². The molecule has 0 bridgehead atoms. The van der Waals surface area contributed by atoms with E-state index in [-0.39, 0.29) is 18.2 Å². The van der Waals surface area contributed by atoms with E-state index in [0.717, 1.165) is 5.56 Å². The standard InChI is InChI=1S/C15H14N4O2/c1-10-7-8-12(21-10)15(20)16-9-13-17-14(19-18-13)11-5-3-2-4-6-11/h2-8H,9H2,1H3,(H,16,20)(H,17,18,19). The van der Waals surface area contributed by atoms with E-state index >= 15 is 0 Å². The molecule has 1 amide bonds.